The van der Waals surface area contributed by atoms with Crippen molar-refractivity contribution in [3.8, 4) is 0 Å². The first kappa shape index (κ1) is 5.03. The van der Waals surface area contributed by atoms with E-state index in [-0.39, 0.29) is 0 Å². The third kappa shape index (κ3) is 0.907. The molecule has 1 aliphatic rings. The predicted molar refractivity (Wildman–Crippen MR) is 26.6 cm³/mol. The van der Waals surface area contributed by atoms with Gasteiger partial charge in [-0.1, -0.05) is 0 Å². The normalized spacial score (nSPS) is 24.9. The molecule has 0 radical (unpaired) electrons. The molecule has 0 atom stereocenters. The molecule has 0 saturated carbocycles. The van der Waals surface area contributed by atoms with Gasteiger partial charge in [0, 0.05) is 19.1 Å². The summed E-state index contributed by atoms with van der Waals surface area (Å²) in [6.45, 7) is 1.77. The summed E-state index contributed by atoms with van der Waals surface area (Å²) in [5, 5.41) is 1.82. The van der Waals surface area contributed by atoms with E-state index in [0.717, 1.165) is 13.1 Å². The van der Waals surface area contributed by atoms with Gasteiger partial charge in [-0.2, -0.15) is 5.06 Å². The molecule has 2 N–H and O–H groups in total. The minimum atomic E-state index is 0.347. The molecule has 3 heteroatoms. The molecule has 7 heavy (non-hydrogen) atoms. The lowest BCUT2D eigenvalue weighted by atomic mass is 10.2. The zero-order valence-electron chi connectivity index (χ0n) is 4.42. The van der Waals surface area contributed by atoms with E-state index in [1.807, 2.05) is 5.06 Å². The third-order valence-corrected chi connectivity index (χ3v) is 1.13. The highest BCUT2D eigenvalue weighted by molar-refractivity contribution is 4.76. The minimum absolute atomic E-state index is 0.347. The van der Waals surface area contributed by atoms with Crippen LogP contribution in [0.2, 0.25) is 0 Å². The summed E-state index contributed by atoms with van der Waals surface area (Å²) >= 11 is 0. The highest BCUT2D eigenvalue weighted by Gasteiger charge is 2.21. The van der Waals surface area contributed by atoms with E-state index in [4.69, 9.17) is 10.6 Å². The molecular formula is C4H10N2O. The second-order valence-electron chi connectivity index (χ2n) is 1.79. The van der Waals surface area contributed by atoms with Gasteiger partial charge < -0.3 is 10.6 Å². The maximum atomic E-state index is 5.42. The van der Waals surface area contributed by atoms with Gasteiger partial charge in [0.25, 0.3) is 0 Å². The maximum absolute atomic E-state index is 5.42. The van der Waals surface area contributed by atoms with Crippen molar-refractivity contribution in [3.63, 3.8) is 0 Å². The van der Waals surface area contributed by atoms with Gasteiger partial charge in [-0.25, -0.2) is 0 Å². The Kier molecular flexibility index (Phi) is 1.27. The van der Waals surface area contributed by atoms with Crippen molar-refractivity contribution in [1.82, 2.24) is 5.06 Å². The van der Waals surface area contributed by atoms with Gasteiger partial charge in [-0.3, -0.25) is 0 Å². The molecule has 42 valence electrons. The van der Waals surface area contributed by atoms with Crippen molar-refractivity contribution in [2.45, 2.75) is 6.04 Å². The molecule has 0 aliphatic carbocycles. The van der Waals surface area contributed by atoms with E-state index in [1.54, 1.807) is 7.11 Å². The van der Waals surface area contributed by atoms with Crippen LogP contribution in [0.25, 0.3) is 0 Å². The summed E-state index contributed by atoms with van der Waals surface area (Å²) in [6.07, 6.45) is 0. The fraction of sp³-hybridized carbons (Fsp3) is 1.00. The summed E-state index contributed by atoms with van der Waals surface area (Å²) in [7, 11) is 1.66. The Morgan fingerprint density at radius 3 is 2.43 bits per heavy atom. The van der Waals surface area contributed by atoms with Gasteiger partial charge in [0.2, 0.25) is 0 Å². The molecule has 0 bridgehead atoms. The molecular weight excluding hydrogens is 92.1 g/mol. The van der Waals surface area contributed by atoms with Gasteiger partial charge in [-0.15, -0.1) is 0 Å². The SMILES string of the molecule is CON1CC(N)C1. The minimum Gasteiger partial charge on any atom is -0.325 e. The van der Waals surface area contributed by atoms with E-state index < -0.39 is 0 Å². The first-order valence-electron chi connectivity index (χ1n) is 2.37. The number of nitrogens with zero attached hydrogens (tertiary/aromatic N) is 1. The van der Waals surface area contributed by atoms with E-state index in [1.165, 1.54) is 0 Å². The summed E-state index contributed by atoms with van der Waals surface area (Å²) in [5.41, 5.74) is 5.42. The van der Waals surface area contributed by atoms with Gasteiger partial charge >= 0.3 is 0 Å². The zero-order valence-corrected chi connectivity index (χ0v) is 4.42. The van der Waals surface area contributed by atoms with E-state index in [9.17, 15) is 0 Å². The molecule has 3 nitrogen and oxygen atoms in total. The molecule has 0 spiro atoms. The quantitative estimate of drug-likeness (QED) is 0.470. The largest absolute Gasteiger partial charge is 0.325 e. The molecule has 1 heterocycles. The van der Waals surface area contributed by atoms with Crippen LogP contribution in [-0.2, 0) is 4.84 Å². The van der Waals surface area contributed by atoms with Crippen molar-refractivity contribution in [3.05, 3.63) is 0 Å². The Bertz CT molecular complexity index is 60.7. The first-order valence-corrected chi connectivity index (χ1v) is 2.37. The Hall–Kier alpha value is -0.120. The first-order chi connectivity index (χ1) is 3.33. The molecule has 1 rings (SSSR count). The average Bonchev–Trinajstić information content (AvgIpc) is 1.58. The van der Waals surface area contributed by atoms with Crippen molar-refractivity contribution in [1.29, 1.82) is 0 Å². The number of hydrogen-bond acceptors (Lipinski definition) is 3. The fourth-order valence-electron chi connectivity index (χ4n) is 0.619. The monoisotopic (exact) mass is 102 g/mol. The summed E-state index contributed by atoms with van der Waals surface area (Å²) < 4.78 is 0. The van der Waals surface area contributed by atoms with Crippen molar-refractivity contribution in [2.24, 2.45) is 5.73 Å². The van der Waals surface area contributed by atoms with E-state index in [0.29, 0.717) is 6.04 Å². The maximum Gasteiger partial charge on any atom is 0.0575 e. The van der Waals surface area contributed by atoms with Crippen LogP contribution < -0.4 is 5.73 Å². The van der Waals surface area contributed by atoms with Crippen molar-refractivity contribution < 1.29 is 4.84 Å². The van der Waals surface area contributed by atoms with Gasteiger partial charge in [0.1, 0.15) is 0 Å². The number of nitrogens with two attached hydrogens (primary N) is 1. The Morgan fingerprint density at radius 2 is 2.29 bits per heavy atom. The van der Waals surface area contributed by atoms with Crippen LogP contribution in [0.1, 0.15) is 0 Å². The lowest BCUT2D eigenvalue weighted by Gasteiger charge is -2.33. The summed E-state index contributed by atoms with van der Waals surface area (Å²) in [5.74, 6) is 0. The van der Waals surface area contributed by atoms with Crippen LogP contribution in [0, 0.1) is 0 Å². The topological polar surface area (TPSA) is 38.5 Å². The standard InChI is InChI=1S/C4H10N2O/c1-7-6-2-4(5)3-6/h4H,2-3,5H2,1H3. The second-order valence-corrected chi connectivity index (χ2v) is 1.79. The second kappa shape index (κ2) is 1.78. The highest BCUT2D eigenvalue weighted by atomic mass is 16.7. The van der Waals surface area contributed by atoms with Crippen LogP contribution in [-0.4, -0.2) is 31.3 Å². The number of rotatable bonds is 1. The Morgan fingerprint density at radius 1 is 1.71 bits per heavy atom. The van der Waals surface area contributed by atoms with Crippen LogP contribution in [0.3, 0.4) is 0 Å². The molecule has 0 unspecified atom stereocenters. The van der Waals surface area contributed by atoms with Crippen molar-refractivity contribution in [2.75, 3.05) is 20.2 Å². The molecule has 0 aromatic heterocycles. The average molecular weight is 102 g/mol. The lowest BCUT2D eigenvalue weighted by Crippen LogP contribution is -2.54. The van der Waals surface area contributed by atoms with E-state index in [2.05, 4.69) is 0 Å². The Balaban J connectivity index is 2.06. The van der Waals surface area contributed by atoms with Crippen LogP contribution in [0.15, 0.2) is 0 Å². The summed E-state index contributed by atoms with van der Waals surface area (Å²) in [4.78, 5) is 4.81. The fourth-order valence-corrected chi connectivity index (χ4v) is 0.619. The number of hydrogen-bond donors (Lipinski definition) is 1. The summed E-state index contributed by atoms with van der Waals surface area (Å²) in [6, 6.07) is 0.347. The Labute approximate surface area is 43.0 Å². The van der Waals surface area contributed by atoms with Crippen LogP contribution in [0.5, 0.6) is 0 Å². The number of hydroxylamine groups is 2. The molecule has 1 saturated heterocycles. The molecule has 0 aromatic rings. The van der Waals surface area contributed by atoms with Gasteiger partial charge in [0.15, 0.2) is 0 Å². The van der Waals surface area contributed by atoms with Gasteiger partial charge in [-0.05, 0) is 0 Å². The van der Waals surface area contributed by atoms with Crippen LogP contribution in [0.4, 0.5) is 0 Å². The van der Waals surface area contributed by atoms with Crippen molar-refractivity contribution >= 4 is 0 Å². The molecule has 0 amide bonds. The third-order valence-electron chi connectivity index (χ3n) is 1.13. The molecule has 1 fully saturated rings. The van der Waals surface area contributed by atoms with Crippen LogP contribution >= 0.6 is 0 Å². The molecule has 0 aromatic carbocycles. The predicted octanol–water partition coefficient (Wildman–Crippen LogP) is -0.809. The zero-order chi connectivity index (χ0) is 5.28. The smallest absolute Gasteiger partial charge is 0.0575 e. The van der Waals surface area contributed by atoms with Gasteiger partial charge in [0.05, 0.1) is 7.11 Å². The lowest BCUT2D eigenvalue weighted by molar-refractivity contribution is -0.179. The van der Waals surface area contributed by atoms with E-state index >= 15 is 0 Å². The molecule has 1 aliphatic heterocycles. The highest BCUT2D eigenvalue weighted by Crippen LogP contribution is 2.02.